The van der Waals surface area contributed by atoms with E-state index in [1.165, 1.54) is 5.56 Å². The lowest BCUT2D eigenvalue weighted by Gasteiger charge is -2.32. The summed E-state index contributed by atoms with van der Waals surface area (Å²) >= 11 is 0. The summed E-state index contributed by atoms with van der Waals surface area (Å²) in [6.45, 7) is 8.42. The lowest BCUT2D eigenvalue weighted by Crippen LogP contribution is -2.38. The standard InChI is InChI=1S/C26H38N4O2.HI/c1-3-27-26(29-20-23-11-7-12-25(19-23)31-2)28-15-8-18-32-24-13-16-30(17-14-24)21-22-9-5-4-6-10-22;/h4-7,9-12,19,24H,3,8,13-18,20-21H2,1-2H3,(H2,27,28,29);1H. The second-order valence-electron chi connectivity index (χ2n) is 8.16. The molecule has 0 spiro atoms. The Hall–Kier alpha value is -1.84. The van der Waals surface area contributed by atoms with Crippen LogP contribution in [0.4, 0.5) is 0 Å². The number of guanidine groups is 1. The molecular formula is C26H39IN4O2. The van der Waals surface area contributed by atoms with Gasteiger partial charge < -0.3 is 20.1 Å². The van der Waals surface area contributed by atoms with Crippen molar-refractivity contribution in [2.45, 2.75) is 45.4 Å². The number of methoxy groups -OCH3 is 1. The first-order valence-electron chi connectivity index (χ1n) is 11.8. The molecule has 0 unspecified atom stereocenters. The molecule has 182 valence electrons. The second kappa shape index (κ2) is 15.9. The van der Waals surface area contributed by atoms with Gasteiger partial charge >= 0.3 is 0 Å². The van der Waals surface area contributed by atoms with Crippen molar-refractivity contribution >= 4 is 29.9 Å². The summed E-state index contributed by atoms with van der Waals surface area (Å²) in [5.74, 6) is 1.70. The Morgan fingerprint density at radius 1 is 1.03 bits per heavy atom. The SMILES string of the molecule is CCNC(=NCc1cccc(OC)c1)NCCCOC1CCN(Cc2ccccc2)CC1.I. The van der Waals surface area contributed by atoms with Crippen LogP contribution in [0, 0.1) is 0 Å². The monoisotopic (exact) mass is 566 g/mol. The number of nitrogens with zero attached hydrogens (tertiary/aromatic N) is 2. The highest BCUT2D eigenvalue weighted by Crippen LogP contribution is 2.16. The summed E-state index contributed by atoms with van der Waals surface area (Å²) < 4.78 is 11.4. The van der Waals surface area contributed by atoms with Crippen molar-refractivity contribution < 1.29 is 9.47 Å². The minimum absolute atomic E-state index is 0. The Morgan fingerprint density at radius 2 is 1.79 bits per heavy atom. The van der Waals surface area contributed by atoms with E-state index in [0.717, 1.165) is 75.9 Å². The van der Waals surface area contributed by atoms with Gasteiger partial charge in [0.1, 0.15) is 5.75 Å². The largest absolute Gasteiger partial charge is 0.497 e. The molecule has 7 heteroatoms. The zero-order valence-corrected chi connectivity index (χ0v) is 22.3. The lowest BCUT2D eigenvalue weighted by molar-refractivity contribution is 0.00534. The number of hydrogen-bond donors (Lipinski definition) is 2. The third kappa shape index (κ3) is 10.3. The highest BCUT2D eigenvalue weighted by molar-refractivity contribution is 14.0. The van der Waals surface area contributed by atoms with E-state index >= 15 is 0 Å². The Labute approximate surface area is 216 Å². The van der Waals surface area contributed by atoms with E-state index in [4.69, 9.17) is 9.47 Å². The summed E-state index contributed by atoms with van der Waals surface area (Å²) in [6.07, 6.45) is 3.58. The maximum atomic E-state index is 6.14. The van der Waals surface area contributed by atoms with E-state index < -0.39 is 0 Å². The topological polar surface area (TPSA) is 58.1 Å². The van der Waals surface area contributed by atoms with Gasteiger partial charge in [0.05, 0.1) is 19.8 Å². The Bertz CT molecular complexity index is 811. The van der Waals surface area contributed by atoms with Crippen molar-refractivity contribution in [1.29, 1.82) is 0 Å². The number of aliphatic imine (C=N–C) groups is 1. The van der Waals surface area contributed by atoms with E-state index in [9.17, 15) is 0 Å². The van der Waals surface area contributed by atoms with Crippen molar-refractivity contribution in [1.82, 2.24) is 15.5 Å². The Kier molecular flexibility index (Phi) is 13.2. The molecule has 2 aromatic rings. The Morgan fingerprint density at radius 3 is 2.52 bits per heavy atom. The molecule has 0 saturated carbocycles. The first-order chi connectivity index (χ1) is 15.8. The quantitative estimate of drug-likeness (QED) is 0.182. The minimum atomic E-state index is 0. The molecule has 1 aliphatic rings. The van der Waals surface area contributed by atoms with E-state index in [1.54, 1.807) is 7.11 Å². The van der Waals surface area contributed by atoms with Gasteiger partial charge in [0.15, 0.2) is 5.96 Å². The first kappa shape index (κ1) is 27.4. The molecule has 0 bridgehead atoms. The van der Waals surface area contributed by atoms with Gasteiger partial charge in [0.25, 0.3) is 0 Å². The van der Waals surface area contributed by atoms with E-state index in [0.29, 0.717) is 12.6 Å². The van der Waals surface area contributed by atoms with E-state index in [1.807, 2.05) is 18.2 Å². The third-order valence-electron chi connectivity index (χ3n) is 5.65. The maximum absolute atomic E-state index is 6.14. The van der Waals surface area contributed by atoms with Crippen LogP contribution in [-0.4, -0.2) is 56.9 Å². The number of ether oxygens (including phenoxy) is 2. The predicted molar refractivity (Wildman–Crippen MR) is 147 cm³/mol. The van der Waals surface area contributed by atoms with Crippen LogP contribution in [0.15, 0.2) is 59.6 Å². The summed E-state index contributed by atoms with van der Waals surface area (Å²) in [6, 6.07) is 18.7. The van der Waals surface area contributed by atoms with Crippen LogP contribution in [0.1, 0.15) is 37.3 Å². The average Bonchev–Trinajstić information content (AvgIpc) is 2.84. The van der Waals surface area contributed by atoms with Gasteiger partial charge in [-0.3, -0.25) is 4.90 Å². The van der Waals surface area contributed by atoms with Gasteiger partial charge in [-0.25, -0.2) is 4.99 Å². The zero-order chi connectivity index (χ0) is 22.4. The molecular weight excluding hydrogens is 527 g/mol. The number of benzene rings is 2. The number of halogens is 1. The second-order valence-corrected chi connectivity index (χ2v) is 8.16. The van der Waals surface area contributed by atoms with Gasteiger partial charge in [-0.2, -0.15) is 0 Å². The molecule has 1 heterocycles. The van der Waals surface area contributed by atoms with Crippen molar-refractivity contribution in [2.75, 3.05) is 39.9 Å². The summed E-state index contributed by atoms with van der Waals surface area (Å²) in [4.78, 5) is 7.21. The summed E-state index contributed by atoms with van der Waals surface area (Å²) in [5.41, 5.74) is 2.52. The van der Waals surface area contributed by atoms with Crippen LogP contribution in [0.5, 0.6) is 5.75 Å². The van der Waals surface area contributed by atoms with Crippen molar-refractivity contribution in [3.8, 4) is 5.75 Å². The number of likely N-dealkylation sites (tertiary alicyclic amines) is 1. The van der Waals surface area contributed by atoms with Crippen LogP contribution >= 0.6 is 24.0 Å². The zero-order valence-electron chi connectivity index (χ0n) is 20.0. The van der Waals surface area contributed by atoms with Crippen LogP contribution in [0.3, 0.4) is 0 Å². The molecule has 3 rings (SSSR count). The molecule has 0 atom stereocenters. The van der Waals surface area contributed by atoms with Crippen LogP contribution < -0.4 is 15.4 Å². The Balaban J connectivity index is 0.00000385. The molecule has 2 N–H and O–H groups in total. The predicted octanol–water partition coefficient (Wildman–Crippen LogP) is 4.44. The molecule has 2 aromatic carbocycles. The molecule has 0 aliphatic carbocycles. The number of rotatable bonds is 11. The average molecular weight is 567 g/mol. The number of piperidine rings is 1. The van der Waals surface area contributed by atoms with Gasteiger partial charge in [-0.05, 0) is 49.4 Å². The van der Waals surface area contributed by atoms with Crippen LogP contribution in [0.2, 0.25) is 0 Å². The summed E-state index contributed by atoms with van der Waals surface area (Å²) in [5, 5.41) is 6.72. The fourth-order valence-corrected chi connectivity index (χ4v) is 3.89. The first-order valence-corrected chi connectivity index (χ1v) is 11.8. The third-order valence-corrected chi connectivity index (χ3v) is 5.65. The van der Waals surface area contributed by atoms with Crippen molar-refractivity contribution in [2.24, 2.45) is 4.99 Å². The lowest BCUT2D eigenvalue weighted by atomic mass is 10.1. The maximum Gasteiger partial charge on any atom is 0.191 e. The normalized spacial score (nSPS) is 15.0. The van der Waals surface area contributed by atoms with Crippen LogP contribution in [0.25, 0.3) is 0 Å². The fourth-order valence-electron chi connectivity index (χ4n) is 3.89. The fraction of sp³-hybridized carbons (Fsp3) is 0.500. The molecule has 1 aliphatic heterocycles. The van der Waals surface area contributed by atoms with Gasteiger partial charge in [-0.15, -0.1) is 24.0 Å². The minimum Gasteiger partial charge on any atom is -0.497 e. The van der Waals surface area contributed by atoms with Gasteiger partial charge in [-0.1, -0.05) is 42.5 Å². The molecule has 0 radical (unpaired) electrons. The van der Waals surface area contributed by atoms with E-state index in [2.05, 4.69) is 63.8 Å². The highest BCUT2D eigenvalue weighted by Gasteiger charge is 2.19. The highest BCUT2D eigenvalue weighted by atomic mass is 127. The summed E-state index contributed by atoms with van der Waals surface area (Å²) in [7, 11) is 1.68. The van der Waals surface area contributed by atoms with Crippen LogP contribution in [-0.2, 0) is 17.8 Å². The molecule has 1 fully saturated rings. The number of nitrogens with one attached hydrogen (secondary N) is 2. The van der Waals surface area contributed by atoms with E-state index in [-0.39, 0.29) is 24.0 Å². The molecule has 6 nitrogen and oxygen atoms in total. The molecule has 33 heavy (non-hydrogen) atoms. The van der Waals surface area contributed by atoms with Gasteiger partial charge in [0, 0.05) is 39.3 Å². The number of hydrogen-bond acceptors (Lipinski definition) is 4. The van der Waals surface area contributed by atoms with Crippen molar-refractivity contribution in [3.05, 3.63) is 65.7 Å². The smallest absolute Gasteiger partial charge is 0.191 e. The van der Waals surface area contributed by atoms with Gasteiger partial charge in [0.2, 0.25) is 0 Å². The van der Waals surface area contributed by atoms with Crippen molar-refractivity contribution in [3.63, 3.8) is 0 Å². The molecule has 0 amide bonds. The molecule has 0 aromatic heterocycles. The molecule has 1 saturated heterocycles.